The van der Waals surface area contributed by atoms with Crippen LogP contribution in [0.5, 0.6) is 0 Å². The van der Waals surface area contributed by atoms with Gasteiger partial charge in [-0.25, -0.2) is 4.39 Å². The molecule has 0 N–H and O–H groups in total. The van der Waals surface area contributed by atoms with E-state index >= 15 is 0 Å². The second kappa shape index (κ2) is 10.3. The highest BCUT2D eigenvalue weighted by Gasteiger charge is 2.25. The number of rotatable bonds is 6. The monoisotopic (exact) mass is 426 g/mol. The van der Waals surface area contributed by atoms with Crippen molar-refractivity contribution in [2.24, 2.45) is 17.8 Å². The Bertz CT molecular complexity index is 796. The molecular formula is C28H36ClF. The predicted octanol–water partition coefficient (Wildman–Crippen LogP) is 9.42. The summed E-state index contributed by atoms with van der Waals surface area (Å²) in [5, 5.41) is 0.682. The molecule has 2 aromatic rings. The summed E-state index contributed by atoms with van der Waals surface area (Å²) < 4.78 is 14.8. The summed E-state index contributed by atoms with van der Waals surface area (Å²) in [6.45, 7) is 2.35. The minimum absolute atomic E-state index is 0.111. The molecule has 0 spiro atoms. The van der Waals surface area contributed by atoms with E-state index < -0.39 is 0 Å². The molecule has 4 rings (SSSR count). The van der Waals surface area contributed by atoms with Gasteiger partial charge in [-0.2, -0.15) is 0 Å². The van der Waals surface area contributed by atoms with Gasteiger partial charge in [-0.15, -0.1) is 0 Å². The lowest BCUT2D eigenvalue weighted by Gasteiger charge is -2.32. The van der Waals surface area contributed by atoms with Gasteiger partial charge in [-0.3, -0.25) is 0 Å². The third kappa shape index (κ3) is 5.47. The summed E-state index contributed by atoms with van der Waals surface area (Å²) in [5.41, 5.74) is 2.74. The van der Waals surface area contributed by atoms with Crippen molar-refractivity contribution in [1.82, 2.24) is 0 Å². The fourth-order valence-corrected chi connectivity index (χ4v) is 5.96. The highest BCUT2D eigenvalue weighted by Crippen LogP contribution is 2.40. The minimum atomic E-state index is -0.111. The van der Waals surface area contributed by atoms with Crippen LogP contribution in [0.4, 0.5) is 4.39 Å². The molecule has 0 heterocycles. The van der Waals surface area contributed by atoms with Crippen molar-refractivity contribution in [2.45, 2.75) is 83.5 Å². The molecule has 0 aromatic heterocycles. The molecular weight excluding hydrogens is 391 g/mol. The zero-order valence-corrected chi connectivity index (χ0v) is 19.1. The minimum Gasteiger partial charge on any atom is -0.206 e. The molecule has 2 heteroatoms. The molecule has 2 aliphatic carbocycles. The van der Waals surface area contributed by atoms with E-state index in [-0.39, 0.29) is 5.82 Å². The first-order chi connectivity index (χ1) is 14.6. The van der Waals surface area contributed by atoms with Crippen LogP contribution in [-0.4, -0.2) is 0 Å². The summed E-state index contributed by atoms with van der Waals surface area (Å²) >= 11 is 5.96. The van der Waals surface area contributed by atoms with Crippen molar-refractivity contribution in [3.63, 3.8) is 0 Å². The Balaban J connectivity index is 1.27. The SMILES string of the molecule is CC[C@H]1CC[C@H](CC[C@H]2CC[C@H](c3ccc(-c4ccc(Cl)cc4)c(F)c3)CC2)CC1. The second-order valence-electron chi connectivity index (χ2n) is 9.84. The van der Waals surface area contributed by atoms with Crippen LogP contribution in [-0.2, 0) is 0 Å². The molecule has 0 atom stereocenters. The fraction of sp³-hybridized carbons (Fsp3) is 0.571. The molecule has 0 aliphatic heterocycles. The van der Waals surface area contributed by atoms with Crippen LogP contribution < -0.4 is 0 Å². The van der Waals surface area contributed by atoms with Gasteiger partial charge in [0.15, 0.2) is 0 Å². The number of halogens is 2. The van der Waals surface area contributed by atoms with Crippen LogP contribution in [0.2, 0.25) is 5.02 Å². The summed E-state index contributed by atoms with van der Waals surface area (Å²) in [4.78, 5) is 0. The van der Waals surface area contributed by atoms with Gasteiger partial charge in [-0.1, -0.05) is 87.7 Å². The predicted molar refractivity (Wildman–Crippen MR) is 127 cm³/mol. The quantitative estimate of drug-likeness (QED) is 0.431. The first-order valence-electron chi connectivity index (χ1n) is 12.2. The van der Waals surface area contributed by atoms with Gasteiger partial charge in [0.25, 0.3) is 0 Å². The van der Waals surface area contributed by atoms with E-state index in [2.05, 4.69) is 13.0 Å². The van der Waals surface area contributed by atoms with E-state index in [4.69, 9.17) is 11.6 Å². The van der Waals surface area contributed by atoms with Gasteiger partial charge in [0, 0.05) is 10.6 Å². The van der Waals surface area contributed by atoms with Crippen LogP contribution in [0.25, 0.3) is 11.1 Å². The van der Waals surface area contributed by atoms with Crippen LogP contribution in [0.15, 0.2) is 42.5 Å². The maximum absolute atomic E-state index is 14.8. The van der Waals surface area contributed by atoms with E-state index in [1.165, 1.54) is 76.2 Å². The summed E-state index contributed by atoms with van der Waals surface area (Å²) in [6.07, 6.45) is 15.1. The van der Waals surface area contributed by atoms with Crippen molar-refractivity contribution in [3.8, 4) is 11.1 Å². The van der Waals surface area contributed by atoms with Gasteiger partial charge in [0.1, 0.15) is 5.82 Å². The largest absolute Gasteiger partial charge is 0.206 e. The zero-order chi connectivity index (χ0) is 20.9. The van der Waals surface area contributed by atoms with Crippen molar-refractivity contribution < 1.29 is 4.39 Å². The first kappa shape index (κ1) is 21.9. The standard InChI is InChI=1S/C28H36ClF/c1-2-20-3-5-21(6-4-20)7-8-22-9-11-23(12-10-22)25-15-18-27(28(30)19-25)24-13-16-26(29)17-14-24/h13-23H,2-12H2,1H3/t20-,21-,22-,23-. The van der Waals surface area contributed by atoms with E-state index in [0.717, 1.165) is 23.3 Å². The Hall–Kier alpha value is -1.34. The molecule has 2 aromatic carbocycles. The molecule has 0 nitrogen and oxygen atoms in total. The number of hydrogen-bond acceptors (Lipinski definition) is 0. The Labute approximate surface area is 187 Å². The Kier molecular flexibility index (Phi) is 7.52. The molecule has 30 heavy (non-hydrogen) atoms. The first-order valence-corrected chi connectivity index (χ1v) is 12.6. The highest BCUT2D eigenvalue weighted by molar-refractivity contribution is 6.30. The van der Waals surface area contributed by atoms with Crippen molar-refractivity contribution >= 4 is 11.6 Å². The van der Waals surface area contributed by atoms with Gasteiger partial charge in [0.2, 0.25) is 0 Å². The van der Waals surface area contributed by atoms with Crippen LogP contribution >= 0.6 is 11.6 Å². The Morgan fingerprint density at radius 2 is 1.33 bits per heavy atom. The van der Waals surface area contributed by atoms with Gasteiger partial charge >= 0.3 is 0 Å². The van der Waals surface area contributed by atoms with E-state index in [1.54, 1.807) is 6.07 Å². The topological polar surface area (TPSA) is 0 Å². The van der Waals surface area contributed by atoms with Crippen LogP contribution in [0.3, 0.4) is 0 Å². The third-order valence-corrected chi connectivity index (χ3v) is 8.25. The Morgan fingerprint density at radius 3 is 1.90 bits per heavy atom. The van der Waals surface area contributed by atoms with Crippen molar-refractivity contribution in [3.05, 3.63) is 58.9 Å². The summed E-state index contributed by atoms with van der Waals surface area (Å²) in [7, 11) is 0. The normalized spacial score (nSPS) is 27.2. The molecule has 2 aliphatic rings. The smallest absolute Gasteiger partial charge is 0.131 e. The fourth-order valence-electron chi connectivity index (χ4n) is 5.83. The second-order valence-corrected chi connectivity index (χ2v) is 10.3. The maximum Gasteiger partial charge on any atom is 0.131 e. The lowest BCUT2D eigenvalue weighted by atomic mass is 9.74. The lowest BCUT2D eigenvalue weighted by Crippen LogP contribution is -2.17. The highest BCUT2D eigenvalue weighted by atomic mass is 35.5. The summed E-state index contributed by atoms with van der Waals surface area (Å²) in [6, 6.07) is 13.3. The molecule has 0 radical (unpaired) electrons. The average Bonchev–Trinajstić information content (AvgIpc) is 2.79. The average molecular weight is 427 g/mol. The molecule has 2 fully saturated rings. The Morgan fingerprint density at radius 1 is 0.767 bits per heavy atom. The number of benzene rings is 2. The summed E-state index contributed by atoms with van der Waals surface area (Å²) in [5.74, 6) is 3.29. The maximum atomic E-state index is 14.8. The molecule has 0 unspecified atom stereocenters. The third-order valence-electron chi connectivity index (χ3n) is 7.99. The van der Waals surface area contributed by atoms with Crippen molar-refractivity contribution in [2.75, 3.05) is 0 Å². The molecule has 2 saturated carbocycles. The van der Waals surface area contributed by atoms with E-state index in [9.17, 15) is 4.39 Å². The molecule has 0 amide bonds. The van der Waals surface area contributed by atoms with Gasteiger partial charge < -0.3 is 0 Å². The molecule has 0 saturated heterocycles. The molecule has 0 bridgehead atoms. The van der Waals surface area contributed by atoms with Gasteiger partial charge in [-0.05, 0) is 78.7 Å². The number of hydrogen-bond donors (Lipinski definition) is 0. The van der Waals surface area contributed by atoms with Crippen LogP contribution in [0.1, 0.15) is 89.0 Å². The van der Waals surface area contributed by atoms with Gasteiger partial charge in [0.05, 0.1) is 0 Å². The zero-order valence-electron chi connectivity index (χ0n) is 18.4. The van der Waals surface area contributed by atoms with Crippen LogP contribution in [0, 0.1) is 23.6 Å². The van der Waals surface area contributed by atoms with E-state index in [1.807, 2.05) is 30.3 Å². The lowest BCUT2D eigenvalue weighted by molar-refractivity contribution is 0.227. The van der Waals surface area contributed by atoms with Crippen molar-refractivity contribution in [1.29, 1.82) is 0 Å². The van der Waals surface area contributed by atoms with E-state index in [0.29, 0.717) is 16.5 Å². The molecule has 162 valence electrons.